The number of hydrogen-bond acceptors (Lipinski definition) is 3. The summed E-state index contributed by atoms with van der Waals surface area (Å²) in [5, 5.41) is 2.76. The van der Waals surface area contributed by atoms with Gasteiger partial charge in [-0.25, -0.2) is 9.18 Å². The molecule has 0 radical (unpaired) electrons. The van der Waals surface area contributed by atoms with Crippen LogP contribution in [-0.4, -0.2) is 24.5 Å². The second-order valence-electron chi connectivity index (χ2n) is 7.27. The van der Waals surface area contributed by atoms with Crippen molar-refractivity contribution < 1.29 is 18.7 Å². The van der Waals surface area contributed by atoms with E-state index in [-0.39, 0.29) is 24.2 Å². The SMILES string of the molecule is CCOC(=O)[C@H](CC(C)C)NC(=O)C(C)c1ccc(-c2ccccc2)c(F)c1. The van der Waals surface area contributed by atoms with Crippen LogP contribution >= 0.6 is 0 Å². The molecular formula is C23H28FNO3. The molecule has 0 fully saturated rings. The maximum Gasteiger partial charge on any atom is 0.328 e. The number of ether oxygens (including phenoxy) is 1. The van der Waals surface area contributed by atoms with Crippen molar-refractivity contribution in [3.8, 4) is 11.1 Å². The van der Waals surface area contributed by atoms with Crippen LogP contribution in [0.3, 0.4) is 0 Å². The molecule has 0 saturated carbocycles. The summed E-state index contributed by atoms with van der Waals surface area (Å²) in [5.74, 6) is -1.53. The molecule has 5 heteroatoms. The van der Waals surface area contributed by atoms with Crippen molar-refractivity contribution in [1.29, 1.82) is 0 Å². The summed E-state index contributed by atoms with van der Waals surface area (Å²) in [6.07, 6.45) is 0.485. The standard InChI is InChI=1S/C23H28FNO3/c1-5-28-23(27)21(13-15(2)3)25-22(26)16(4)18-11-12-19(20(24)14-18)17-9-7-6-8-10-17/h6-12,14-16,21H,5,13H2,1-4H3,(H,25,26)/t16?,21-/m0/s1. The quantitative estimate of drug-likeness (QED) is 0.671. The van der Waals surface area contributed by atoms with Gasteiger partial charge in [0.25, 0.3) is 0 Å². The molecule has 0 aliphatic heterocycles. The molecule has 0 saturated heterocycles. The number of esters is 1. The lowest BCUT2D eigenvalue weighted by atomic mass is 9.95. The zero-order valence-corrected chi connectivity index (χ0v) is 16.9. The first kappa shape index (κ1) is 21.6. The van der Waals surface area contributed by atoms with Crippen LogP contribution < -0.4 is 5.32 Å². The van der Waals surface area contributed by atoms with Crippen LogP contribution in [0.5, 0.6) is 0 Å². The Labute approximate surface area is 166 Å². The van der Waals surface area contributed by atoms with Crippen molar-refractivity contribution in [2.75, 3.05) is 6.61 Å². The molecule has 2 aromatic rings. The maximum absolute atomic E-state index is 14.6. The van der Waals surface area contributed by atoms with Gasteiger partial charge in [-0.05, 0) is 43.4 Å². The summed E-state index contributed by atoms with van der Waals surface area (Å²) in [5.41, 5.74) is 1.82. The normalized spacial score (nSPS) is 13.1. The zero-order valence-electron chi connectivity index (χ0n) is 16.9. The number of halogens is 1. The van der Waals surface area contributed by atoms with E-state index in [1.165, 1.54) is 6.07 Å². The lowest BCUT2D eigenvalue weighted by molar-refractivity contribution is -0.148. The van der Waals surface area contributed by atoms with E-state index < -0.39 is 17.9 Å². The Balaban J connectivity index is 2.15. The lowest BCUT2D eigenvalue weighted by Gasteiger charge is -2.21. The molecule has 1 unspecified atom stereocenters. The van der Waals surface area contributed by atoms with Crippen LogP contribution in [0.4, 0.5) is 4.39 Å². The average molecular weight is 385 g/mol. The second kappa shape index (κ2) is 10.0. The number of benzene rings is 2. The first-order chi connectivity index (χ1) is 13.3. The van der Waals surface area contributed by atoms with Gasteiger partial charge in [0.15, 0.2) is 0 Å². The highest BCUT2D eigenvalue weighted by Crippen LogP contribution is 2.26. The Morgan fingerprint density at radius 1 is 1.07 bits per heavy atom. The second-order valence-corrected chi connectivity index (χ2v) is 7.27. The molecule has 0 aliphatic rings. The van der Waals surface area contributed by atoms with Gasteiger partial charge in [-0.3, -0.25) is 4.79 Å². The summed E-state index contributed by atoms with van der Waals surface area (Å²) in [6, 6.07) is 13.4. The third-order valence-corrected chi connectivity index (χ3v) is 4.57. The Kier molecular flexibility index (Phi) is 7.73. The summed E-state index contributed by atoms with van der Waals surface area (Å²) in [4.78, 5) is 24.8. The minimum Gasteiger partial charge on any atom is -0.464 e. The third-order valence-electron chi connectivity index (χ3n) is 4.57. The van der Waals surface area contributed by atoms with Crippen LogP contribution in [0.15, 0.2) is 48.5 Å². The zero-order chi connectivity index (χ0) is 20.7. The van der Waals surface area contributed by atoms with E-state index in [1.54, 1.807) is 26.0 Å². The summed E-state index contributed by atoms with van der Waals surface area (Å²) >= 11 is 0. The highest BCUT2D eigenvalue weighted by molar-refractivity contribution is 5.88. The van der Waals surface area contributed by atoms with Crippen molar-refractivity contribution in [3.63, 3.8) is 0 Å². The van der Waals surface area contributed by atoms with E-state index in [0.29, 0.717) is 17.5 Å². The van der Waals surface area contributed by atoms with Gasteiger partial charge in [-0.2, -0.15) is 0 Å². The molecule has 0 aliphatic carbocycles. The monoisotopic (exact) mass is 385 g/mol. The van der Waals surface area contributed by atoms with Crippen LogP contribution in [-0.2, 0) is 14.3 Å². The van der Waals surface area contributed by atoms with E-state index in [0.717, 1.165) is 5.56 Å². The summed E-state index contributed by atoms with van der Waals surface area (Å²) in [7, 11) is 0. The van der Waals surface area contributed by atoms with E-state index in [9.17, 15) is 14.0 Å². The van der Waals surface area contributed by atoms with Crippen LogP contribution in [0.25, 0.3) is 11.1 Å². The maximum atomic E-state index is 14.6. The Bertz CT molecular complexity index is 805. The molecule has 2 atom stereocenters. The van der Waals surface area contributed by atoms with Crippen molar-refractivity contribution >= 4 is 11.9 Å². The Hall–Kier alpha value is -2.69. The number of carbonyl (C=O) groups is 2. The molecule has 2 rings (SSSR count). The minimum absolute atomic E-state index is 0.215. The number of nitrogens with one attached hydrogen (secondary N) is 1. The van der Waals surface area contributed by atoms with Gasteiger partial charge in [-0.1, -0.05) is 56.3 Å². The molecule has 0 aromatic heterocycles. The van der Waals surface area contributed by atoms with Crippen molar-refractivity contribution in [3.05, 3.63) is 59.9 Å². The molecule has 150 valence electrons. The van der Waals surface area contributed by atoms with E-state index in [4.69, 9.17) is 4.74 Å². The smallest absolute Gasteiger partial charge is 0.328 e. The van der Waals surface area contributed by atoms with Gasteiger partial charge in [0.1, 0.15) is 11.9 Å². The number of amides is 1. The van der Waals surface area contributed by atoms with Crippen molar-refractivity contribution in [2.45, 2.75) is 46.1 Å². The lowest BCUT2D eigenvalue weighted by Crippen LogP contribution is -2.44. The van der Waals surface area contributed by atoms with Crippen LogP contribution in [0.2, 0.25) is 0 Å². The highest BCUT2D eigenvalue weighted by Gasteiger charge is 2.26. The van der Waals surface area contributed by atoms with Crippen molar-refractivity contribution in [2.24, 2.45) is 5.92 Å². The van der Waals surface area contributed by atoms with E-state index in [1.807, 2.05) is 44.2 Å². The first-order valence-electron chi connectivity index (χ1n) is 9.65. The molecular weight excluding hydrogens is 357 g/mol. The molecule has 0 bridgehead atoms. The number of rotatable bonds is 8. The largest absolute Gasteiger partial charge is 0.464 e. The van der Waals surface area contributed by atoms with Gasteiger partial charge in [0, 0.05) is 5.56 Å². The predicted molar refractivity (Wildman–Crippen MR) is 108 cm³/mol. The Morgan fingerprint density at radius 2 is 1.75 bits per heavy atom. The molecule has 1 amide bonds. The van der Waals surface area contributed by atoms with Gasteiger partial charge in [-0.15, -0.1) is 0 Å². The van der Waals surface area contributed by atoms with Crippen LogP contribution in [0.1, 0.15) is 45.6 Å². The molecule has 4 nitrogen and oxygen atoms in total. The van der Waals surface area contributed by atoms with E-state index in [2.05, 4.69) is 5.32 Å². The molecule has 2 aromatic carbocycles. The Morgan fingerprint density at radius 3 is 2.32 bits per heavy atom. The van der Waals surface area contributed by atoms with Gasteiger partial charge < -0.3 is 10.1 Å². The fourth-order valence-corrected chi connectivity index (χ4v) is 3.03. The summed E-state index contributed by atoms with van der Waals surface area (Å²) in [6.45, 7) is 7.62. The summed E-state index contributed by atoms with van der Waals surface area (Å²) < 4.78 is 19.7. The minimum atomic E-state index is -0.705. The van der Waals surface area contributed by atoms with Gasteiger partial charge >= 0.3 is 5.97 Å². The average Bonchev–Trinajstić information content (AvgIpc) is 2.67. The van der Waals surface area contributed by atoms with Crippen LogP contribution in [0, 0.1) is 11.7 Å². The third kappa shape index (κ3) is 5.65. The van der Waals surface area contributed by atoms with Gasteiger partial charge in [0.05, 0.1) is 12.5 Å². The molecule has 28 heavy (non-hydrogen) atoms. The first-order valence-corrected chi connectivity index (χ1v) is 9.65. The fraction of sp³-hybridized carbons (Fsp3) is 0.391. The highest BCUT2D eigenvalue weighted by atomic mass is 19.1. The molecule has 0 heterocycles. The van der Waals surface area contributed by atoms with Crippen molar-refractivity contribution in [1.82, 2.24) is 5.32 Å². The molecule has 1 N–H and O–H groups in total. The number of hydrogen-bond donors (Lipinski definition) is 1. The topological polar surface area (TPSA) is 55.4 Å². The molecule has 0 spiro atoms. The predicted octanol–water partition coefficient (Wildman–Crippen LogP) is 4.69. The fourth-order valence-electron chi connectivity index (χ4n) is 3.03. The van der Waals surface area contributed by atoms with E-state index >= 15 is 0 Å². The van der Waals surface area contributed by atoms with Gasteiger partial charge in [0.2, 0.25) is 5.91 Å². The number of carbonyl (C=O) groups excluding carboxylic acids is 2.